The Labute approximate surface area is 165 Å². The molecule has 2 N–H and O–H groups in total. The topological polar surface area (TPSA) is 78.5 Å². The van der Waals surface area contributed by atoms with Crippen molar-refractivity contribution in [3.05, 3.63) is 63.4 Å². The van der Waals surface area contributed by atoms with Crippen molar-refractivity contribution in [1.82, 2.24) is 10.2 Å². The lowest BCUT2D eigenvalue weighted by Crippen LogP contribution is -2.35. The zero-order chi connectivity index (χ0) is 20.4. The van der Waals surface area contributed by atoms with Gasteiger partial charge in [0.25, 0.3) is 11.8 Å². The molecule has 0 unspecified atom stereocenters. The summed E-state index contributed by atoms with van der Waals surface area (Å²) in [5.74, 6) is -5.39. The summed E-state index contributed by atoms with van der Waals surface area (Å²) in [6.07, 6.45) is 0.250. The van der Waals surface area contributed by atoms with Gasteiger partial charge in [-0.1, -0.05) is 15.9 Å². The highest BCUT2D eigenvalue weighted by Crippen LogP contribution is 2.26. The molecular formula is C18H13BrF3N3O3. The molecule has 0 aromatic heterocycles. The molecule has 6 nitrogen and oxygen atoms in total. The van der Waals surface area contributed by atoms with E-state index in [1.54, 1.807) is 18.2 Å². The highest BCUT2D eigenvalue weighted by Gasteiger charge is 2.34. The Bertz CT molecular complexity index is 984. The van der Waals surface area contributed by atoms with Crippen LogP contribution in [0.3, 0.4) is 0 Å². The van der Waals surface area contributed by atoms with Crippen molar-refractivity contribution in [2.24, 2.45) is 0 Å². The van der Waals surface area contributed by atoms with Gasteiger partial charge in [-0.05, 0) is 36.8 Å². The van der Waals surface area contributed by atoms with Crippen LogP contribution in [0.25, 0.3) is 0 Å². The van der Waals surface area contributed by atoms with Crippen LogP contribution in [0.1, 0.15) is 27.1 Å². The summed E-state index contributed by atoms with van der Waals surface area (Å²) >= 11 is 3.25. The Morgan fingerprint density at radius 3 is 2.46 bits per heavy atom. The van der Waals surface area contributed by atoms with Gasteiger partial charge < -0.3 is 10.6 Å². The fourth-order valence-corrected chi connectivity index (χ4v) is 3.06. The predicted molar refractivity (Wildman–Crippen MR) is 97.5 cm³/mol. The number of anilines is 1. The van der Waals surface area contributed by atoms with Gasteiger partial charge in [-0.25, -0.2) is 18.0 Å². The summed E-state index contributed by atoms with van der Waals surface area (Å²) in [5.41, 5.74) is 0.105. The predicted octanol–water partition coefficient (Wildman–Crippen LogP) is 3.67. The quantitative estimate of drug-likeness (QED) is 0.410. The van der Waals surface area contributed by atoms with Gasteiger partial charge in [-0.15, -0.1) is 0 Å². The maximum Gasteiger partial charge on any atom is 0.319 e. The molecule has 0 aliphatic carbocycles. The standard InChI is InChI=1S/C18H13BrF3N3O3/c19-9-2-3-10-11(8-9)17(27)25(16(10)26)7-1-6-23-18(28)24-13-5-4-12(20)14(21)15(13)22/h2-5,8H,1,6-7H2,(H2,23,24,28). The number of amides is 4. The van der Waals surface area contributed by atoms with Gasteiger partial charge in [0.1, 0.15) is 0 Å². The van der Waals surface area contributed by atoms with Gasteiger partial charge in [-0.2, -0.15) is 0 Å². The first-order valence-corrected chi connectivity index (χ1v) is 8.93. The Hall–Kier alpha value is -2.88. The van der Waals surface area contributed by atoms with Crippen molar-refractivity contribution >= 4 is 39.5 Å². The highest BCUT2D eigenvalue weighted by molar-refractivity contribution is 9.10. The van der Waals surface area contributed by atoms with E-state index in [1.807, 2.05) is 0 Å². The second-order valence-electron chi connectivity index (χ2n) is 5.91. The molecule has 0 atom stereocenters. The number of carbonyl (C=O) groups excluding carboxylic acids is 3. The van der Waals surface area contributed by atoms with Crippen molar-refractivity contribution in [2.75, 3.05) is 18.4 Å². The first-order chi connectivity index (χ1) is 13.3. The number of urea groups is 1. The van der Waals surface area contributed by atoms with Crippen LogP contribution in [0, 0.1) is 17.5 Å². The number of nitrogens with zero attached hydrogens (tertiary/aromatic N) is 1. The third kappa shape index (κ3) is 3.86. The first kappa shape index (κ1) is 19.9. The third-order valence-electron chi connectivity index (χ3n) is 4.06. The number of hydrogen-bond donors (Lipinski definition) is 2. The molecular weight excluding hydrogens is 443 g/mol. The van der Waals surface area contributed by atoms with Gasteiger partial charge in [0, 0.05) is 17.6 Å². The van der Waals surface area contributed by atoms with Crippen molar-refractivity contribution < 1.29 is 27.6 Å². The SMILES string of the molecule is O=C(NCCCN1C(=O)c2ccc(Br)cc2C1=O)Nc1ccc(F)c(F)c1F. The lowest BCUT2D eigenvalue weighted by molar-refractivity contribution is 0.0653. The van der Waals surface area contributed by atoms with Gasteiger partial charge in [0.2, 0.25) is 0 Å². The normalized spacial score (nSPS) is 12.9. The highest BCUT2D eigenvalue weighted by atomic mass is 79.9. The van der Waals surface area contributed by atoms with Crippen LogP contribution in [0.4, 0.5) is 23.7 Å². The minimum atomic E-state index is -1.69. The molecule has 10 heteroatoms. The first-order valence-electron chi connectivity index (χ1n) is 8.13. The summed E-state index contributed by atoms with van der Waals surface area (Å²) in [6, 6.07) is 5.53. The minimum Gasteiger partial charge on any atom is -0.338 e. The fraction of sp³-hybridized carbons (Fsp3) is 0.167. The summed E-state index contributed by atoms with van der Waals surface area (Å²) in [7, 11) is 0. The van der Waals surface area contributed by atoms with Gasteiger partial charge >= 0.3 is 6.03 Å². The second kappa shape index (κ2) is 8.01. The van der Waals surface area contributed by atoms with Gasteiger partial charge in [-0.3, -0.25) is 14.5 Å². The molecule has 0 saturated heterocycles. The van der Waals surface area contributed by atoms with Gasteiger partial charge in [0.05, 0.1) is 16.8 Å². The number of fused-ring (bicyclic) bond motifs is 1. The number of halogens is 4. The van der Waals surface area contributed by atoms with Crippen LogP contribution in [-0.2, 0) is 0 Å². The number of benzene rings is 2. The van der Waals surface area contributed by atoms with Crippen molar-refractivity contribution in [3.63, 3.8) is 0 Å². The van der Waals surface area contributed by atoms with Gasteiger partial charge in [0.15, 0.2) is 17.5 Å². The molecule has 146 valence electrons. The van der Waals surface area contributed by atoms with E-state index < -0.39 is 41.0 Å². The van der Waals surface area contributed by atoms with Crippen LogP contribution in [0.2, 0.25) is 0 Å². The number of rotatable bonds is 5. The maximum atomic E-state index is 13.5. The molecule has 1 aliphatic rings. The average Bonchev–Trinajstić information content (AvgIpc) is 2.89. The summed E-state index contributed by atoms with van der Waals surface area (Å²) in [6.45, 7) is 0.137. The summed E-state index contributed by atoms with van der Waals surface area (Å²) < 4.78 is 40.2. The molecule has 1 heterocycles. The van der Waals surface area contributed by atoms with E-state index in [9.17, 15) is 27.6 Å². The molecule has 1 aliphatic heterocycles. The molecule has 28 heavy (non-hydrogen) atoms. The Morgan fingerprint density at radius 2 is 1.71 bits per heavy atom. The van der Waals surface area contributed by atoms with Crippen molar-refractivity contribution in [1.29, 1.82) is 0 Å². The molecule has 3 rings (SSSR count). The molecule has 2 aromatic rings. The average molecular weight is 456 g/mol. The van der Waals surface area contributed by atoms with Crippen LogP contribution >= 0.6 is 15.9 Å². The molecule has 2 aromatic carbocycles. The summed E-state index contributed by atoms with van der Waals surface area (Å²) in [4.78, 5) is 37.4. The zero-order valence-electron chi connectivity index (χ0n) is 14.2. The van der Waals surface area contributed by atoms with Crippen LogP contribution < -0.4 is 10.6 Å². The number of carbonyl (C=O) groups is 3. The minimum absolute atomic E-state index is 0.0637. The maximum absolute atomic E-state index is 13.5. The fourth-order valence-electron chi connectivity index (χ4n) is 2.69. The molecule has 0 bridgehead atoms. The van der Waals surface area contributed by atoms with Crippen LogP contribution in [-0.4, -0.2) is 35.8 Å². The number of imide groups is 1. The third-order valence-corrected chi connectivity index (χ3v) is 4.55. The largest absolute Gasteiger partial charge is 0.338 e. The zero-order valence-corrected chi connectivity index (χ0v) is 15.8. The van der Waals surface area contributed by atoms with Crippen LogP contribution in [0.15, 0.2) is 34.8 Å². The monoisotopic (exact) mass is 455 g/mol. The Balaban J connectivity index is 1.50. The van der Waals surface area contributed by atoms with Crippen LogP contribution in [0.5, 0.6) is 0 Å². The molecule has 0 radical (unpaired) electrons. The van der Waals surface area contributed by atoms with Crippen molar-refractivity contribution in [2.45, 2.75) is 6.42 Å². The van der Waals surface area contributed by atoms with E-state index in [4.69, 9.17) is 0 Å². The molecule has 0 saturated carbocycles. The van der Waals surface area contributed by atoms with E-state index in [-0.39, 0.29) is 19.5 Å². The lowest BCUT2D eigenvalue weighted by Gasteiger charge is -2.14. The molecule has 0 fully saturated rings. The summed E-state index contributed by atoms with van der Waals surface area (Å²) in [5, 5.41) is 4.45. The van der Waals surface area contributed by atoms with Crippen molar-refractivity contribution in [3.8, 4) is 0 Å². The smallest absolute Gasteiger partial charge is 0.319 e. The number of hydrogen-bond acceptors (Lipinski definition) is 3. The Kier molecular flexibility index (Phi) is 5.68. The molecule has 4 amide bonds. The van der Waals surface area contributed by atoms with E-state index in [0.29, 0.717) is 21.7 Å². The second-order valence-corrected chi connectivity index (χ2v) is 6.82. The molecule has 0 spiro atoms. The van der Waals surface area contributed by atoms with E-state index in [2.05, 4.69) is 26.6 Å². The Morgan fingerprint density at radius 1 is 1.00 bits per heavy atom. The van der Waals surface area contributed by atoms with E-state index in [1.165, 1.54) is 0 Å². The van der Waals surface area contributed by atoms with E-state index >= 15 is 0 Å². The number of nitrogens with one attached hydrogen (secondary N) is 2. The lowest BCUT2D eigenvalue weighted by atomic mass is 10.1. The van der Waals surface area contributed by atoms with E-state index in [0.717, 1.165) is 11.0 Å².